The lowest BCUT2D eigenvalue weighted by Crippen LogP contribution is -2.37. The number of nitrogens with two attached hydrogens (primary N) is 1. The van der Waals surface area contributed by atoms with Gasteiger partial charge in [0, 0.05) is 23.2 Å². The molecule has 2 heterocycles. The van der Waals surface area contributed by atoms with Crippen molar-refractivity contribution in [3.63, 3.8) is 0 Å². The van der Waals surface area contributed by atoms with E-state index in [-0.39, 0.29) is 30.6 Å². The van der Waals surface area contributed by atoms with Crippen molar-refractivity contribution in [2.75, 3.05) is 45.8 Å². The largest absolute Gasteiger partial charge is 0.493 e. The second-order valence-electron chi connectivity index (χ2n) is 9.33. The number of rotatable bonds is 6. The van der Waals surface area contributed by atoms with Gasteiger partial charge < -0.3 is 39.5 Å². The number of carbonyl (C=O) groups excluding carboxylic acids is 1. The Morgan fingerprint density at radius 1 is 0.865 bits per heavy atom. The highest BCUT2D eigenvalue weighted by atomic mass is 16.7. The van der Waals surface area contributed by atoms with Gasteiger partial charge in [-0.1, -0.05) is 0 Å². The molecule has 0 radical (unpaired) electrons. The van der Waals surface area contributed by atoms with Crippen LogP contribution < -0.4 is 34.7 Å². The van der Waals surface area contributed by atoms with Gasteiger partial charge in [0.1, 0.15) is 0 Å². The van der Waals surface area contributed by atoms with Gasteiger partial charge in [-0.25, -0.2) is 0 Å². The number of hydrogen-bond donors (Lipinski definition) is 2. The smallest absolute Gasteiger partial charge is 0.310 e. The number of benzene rings is 3. The first-order chi connectivity index (χ1) is 18.0. The van der Waals surface area contributed by atoms with Gasteiger partial charge in [-0.2, -0.15) is 0 Å². The minimum atomic E-state index is -0.443. The van der Waals surface area contributed by atoms with E-state index in [9.17, 15) is 4.79 Å². The van der Waals surface area contributed by atoms with Crippen LogP contribution in [0.3, 0.4) is 0 Å². The monoisotopic (exact) mass is 504 g/mol. The number of methoxy groups -OCH3 is 3. The Hall–Kier alpha value is -4.27. The van der Waals surface area contributed by atoms with Crippen LogP contribution in [0.15, 0.2) is 48.5 Å². The molecule has 1 fully saturated rings. The van der Waals surface area contributed by atoms with E-state index in [1.807, 2.05) is 48.5 Å². The zero-order valence-electron chi connectivity index (χ0n) is 20.8. The summed E-state index contributed by atoms with van der Waals surface area (Å²) in [7, 11) is 4.72. The molecule has 1 aliphatic carbocycles. The normalized spacial score (nSPS) is 23.1. The van der Waals surface area contributed by atoms with Crippen LogP contribution in [-0.4, -0.2) is 40.7 Å². The summed E-state index contributed by atoms with van der Waals surface area (Å²) in [6, 6.07) is 15.1. The fourth-order valence-corrected chi connectivity index (χ4v) is 5.79. The molecule has 9 heteroatoms. The van der Waals surface area contributed by atoms with E-state index in [0.717, 1.165) is 22.4 Å². The second kappa shape index (κ2) is 8.99. The number of hydrogen-bond acceptors (Lipinski definition) is 9. The second-order valence-corrected chi connectivity index (χ2v) is 9.33. The minimum absolute atomic E-state index is 0.137. The number of esters is 1. The molecule has 4 atom stereocenters. The van der Waals surface area contributed by atoms with Crippen LogP contribution in [0, 0.1) is 11.8 Å². The lowest BCUT2D eigenvalue weighted by molar-refractivity contribution is -0.141. The molecule has 0 bridgehead atoms. The number of anilines is 2. The standard InChI is InChI=1S/C28H28N2O7/c1-32-22-8-14(9-23(33-2)27(22)34-3)24-17-10-20-21(37-13-36-20)11-18(17)26(19-12-35-28(31)25(19)24)30-16-6-4-15(29)5-7-16/h4-11,19,24-26,30H,12-13,29H2,1-3H3/t19-,24+,25-,26+/m0/s1. The highest BCUT2D eigenvalue weighted by molar-refractivity contribution is 5.79. The Morgan fingerprint density at radius 3 is 2.14 bits per heavy atom. The molecule has 3 aromatic carbocycles. The van der Waals surface area contributed by atoms with Crippen molar-refractivity contribution in [1.29, 1.82) is 0 Å². The lowest BCUT2D eigenvalue weighted by atomic mass is 9.65. The Labute approximate surface area is 214 Å². The van der Waals surface area contributed by atoms with Crippen molar-refractivity contribution in [2.45, 2.75) is 12.0 Å². The maximum absolute atomic E-state index is 13.3. The summed E-state index contributed by atoms with van der Waals surface area (Å²) in [6.07, 6.45) is 0. The molecule has 0 spiro atoms. The number of cyclic esters (lactones) is 1. The zero-order chi connectivity index (χ0) is 25.7. The molecule has 192 valence electrons. The van der Waals surface area contributed by atoms with E-state index in [4.69, 9.17) is 34.2 Å². The van der Waals surface area contributed by atoms with E-state index < -0.39 is 5.92 Å². The number of ether oxygens (including phenoxy) is 6. The summed E-state index contributed by atoms with van der Waals surface area (Å²) in [5.74, 6) is 1.70. The van der Waals surface area contributed by atoms with Gasteiger partial charge in [-0.3, -0.25) is 4.79 Å². The molecule has 3 N–H and O–H groups in total. The number of carbonyl (C=O) groups is 1. The molecule has 0 unspecified atom stereocenters. The fourth-order valence-electron chi connectivity index (χ4n) is 5.79. The van der Waals surface area contributed by atoms with Crippen LogP contribution in [0.25, 0.3) is 0 Å². The first kappa shape index (κ1) is 23.1. The number of nitrogen functional groups attached to an aromatic ring is 1. The van der Waals surface area contributed by atoms with Gasteiger partial charge in [0.15, 0.2) is 23.0 Å². The van der Waals surface area contributed by atoms with E-state index >= 15 is 0 Å². The number of nitrogens with one attached hydrogen (secondary N) is 1. The Bertz CT molecular complexity index is 1330. The average Bonchev–Trinajstić information content (AvgIpc) is 3.54. The van der Waals surface area contributed by atoms with Crippen LogP contribution in [0.1, 0.15) is 28.7 Å². The molecular weight excluding hydrogens is 476 g/mol. The third-order valence-corrected chi connectivity index (χ3v) is 7.47. The summed E-state index contributed by atoms with van der Waals surface area (Å²) < 4.78 is 33.9. The molecule has 37 heavy (non-hydrogen) atoms. The van der Waals surface area contributed by atoms with Crippen molar-refractivity contribution in [2.24, 2.45) is 11.8 Å². The molecular formula is C28H28N2O7. The topological polar surface area (TPSA) is 111 Å². The SMILES string of the molecule is COc1cc([C@@H]2c3cc4c(cc3[C@@H](Nc3ccc(N)cc3)[C@H]3COC(=O)[C@H]23)OCO4)cc(OC)c1OC. The first-order valence-electron chi connectivity index (χ1n) is 12.0. The predicted molar refractivity (Wildman–Crippen MR) is 136 cm³/mol. The van der Waals surface area contributed by atoms with Crippen LogP contribution in [0.2, 0.25) is 0 Å². The highest BCUT2D eigenvalue weighted by Crippen LogP contribution is 2.56. The maximum Gasteiger partial charge on any atom is 0.310 e. The summed E-state index contributed by atoms with van der Waals surface area (Å²) in [5.41, 5.74) is 10.3. The summed E-state index contributed by atoms with van der Waals surface area (Å²) >= 11 is 0. The first-order valence-corrected chi connectivity index (χ1v) is 12.0. The van der Waals surface area contributed by atoms with Crippen molar-refractivity contribution >= 4 is 17.3 Å². The van der Waals surface area contributed by atoms with Crippen molar-refractivity contribution in [1.82, 2.24) is 0 Å². The van der Waals surface area contributed by atoms with E-state index in [2.05, 4.69) is 5.32 Å². The average molecular weight is 505 g/mol. The summed E-state index contributed by atoms with van der Waals surface area (Å²) in [6.45, 7) is 0.447. The Morgan fingerprint density at radius 2 is 1.51 bits per heavy atom. The highest BCUT2D eigenvalue weighted by Gasteiger charge is 2.52. The molecule has 6 rings (SSSR count). The summed E-state index contributed by atoms with van der Waals surface area (Å²) in [4.78, 5) is 13.3. The Kier molecular flexibility index (Phi) is 5.62. The predicted octanol–water partition coefficient (Wildman–Crippen LogP) is 4.11. The van der Waals surface area contributed by atoms with Crippen molar-refractivity contribution < 1.29 is 33.2 Å². The van der Waals surface area contributed by atoms with Gasteiger partial charge in [0.2, 0.25) is 12.5 Å². The molecule has 3 aromatic rings. The van der Waals surface area contributed by atoms with E-state index in [1.54, 1.807) is 21.3 Å². The molecule has 2 aliphatic heterocycles. The molecule has 0 amide bonds. The third kappa shape index (κ3) is 3.73. The minimum Gasteiger partial charge on any atom is -0.493 e. The molecule has 9 nitrogen and oxygen atoms in total. The van der Waals surface area contributed by atoms with Crippen LogP contribution in [0.4, 0.5) is 11.4 Å². The van der Waals surface area contributed by atoms with Crippen molar-refractivity contribution in [3.05, 3.63) is 65.2 Å². The van der Waals surface area contributed by atoms with Gasteiger partial charge in [0.05, 0.1) is 39.9 Å². The molecule has 0 aromatic heterocycles. The van der Waals surface area contributed by atoms with Gasteiger partial charge >= 0.3 is 5.97 Å². The van der Waals surface area contributed by atoms with Crippen LogP contribution in [0.5, 0.6) is 28.7 Å². The van der Waals surface area contributed by atoms with Crippen LogP contribution >= 0.6 is 0 Å². The van der Waals surface area contributed by atoms with Gasteiger partial charge in [-0.15, -0.1) is 0 Å². The number of fused-ring (bicyclic) bond motifs is 3. The van der Waals surface area contributed by atoms with Crippen molar-refractivity contribution in [3.8, 4) is 28.7 Å². The third-order valence-electron chi connectivity index (χ3n) is 7.47. The van der Waals surface area contributed by atoms with E-state index in [1.165, 1.54) is 0 Å². The van der Waals surface area contributed by atoms with Gasteiger partial charge in [0.25, 0.3) is 0 Å². The van der Waals surface area contributed by atoms with Crippen LogP contribution in [-0.2, 0) is 9.53 Å². The Balaban J connectivity index is 1.54. The molecule has 0 saturated carbocycles. The fraction of sp³-hybridized carbons (Fsp3) is 0.321. The quantitative estimate of drug-likeness (QED) is 0.378. The maximum atomic E-state index is 13.3. The lowest BCUT2D eigenvalue weighted by Gasteiger charge is -2.40. The zero-order valence-corrected chi connectivity index (χ0v) is 20.8. The summed E-state index contributed by atoms with van der Waals surface area (Å²) in [5, 5.41) is 3.63. The van der Waals surface area contributed by atoms with Gasteiger partial charge in [-0.05, 0) is 65.2 Å². The molecule has 1 saturated heterocycles. The molecule has 3 aliphatic rings. The van der Waals surface area contributed by atoms with E-state index in [0.29, 0.717) is 41.0 Å².